The molecule has 1 aromatic heterocycles. The minimum atomic E-state index is -0.213. The van der Waals surface area contributed by atoms with Crippen molar-refractivity contribution >= 4 is 33.5 Å². The van der Waals surface area contributed by atoms with Gasteiger partial charge in [0.1, 0.15) is 0 Å². The van der Waals surface area contributed by atoms with Crippen molar-refractivity contribution in [3.8, 4) is 0 Å². The van der Waals surface area contributed by atoms with Crippen LogP contribution >= 0.6 is 15.9 Å². The molecule has 1 aliphatic heterocycles. The molecule has 21 heavy (non-hydrogen) atoms. The van der Waals surface area contributed by atoms with Crippen LogP contribution in [-0.2, 0) is 0 Å². The number of carbonyl (C=O) groups is 1. The van der Waals surface area contributed by atoms with Gasteiger partial charge in [0.15, 0.2) is 0 Å². The van der Waals surface area contributed by atoms with E-state index in [1.165, 1.54) is 12.8 Å². The minimum absolute atomic E-state index is 0.213. The molecule has 1 aliphatic rings. The fourth-order valence-electron chi connectivity index (χ4n) is 2.28. The molecule has 2 aromatic rings. The third-order valence-corrected chi connectivity index (χ3v) is 4.10. The highest BCUT2D eigenvalue weighted by molar-refractivity contribution is 9.10. The van der Waals surface area contributed by atoms with Gasteiger partial charge >= 0.3 is 0 Å². The number of nitrogens with one attached hydrogen (secondary N) is 1. The Morgan fingerprint density at radius 2 is 1.81 bits per heavy atom. The molecule has 1 amide bonds. The molecule has 2 heterocycles. The predicted octanol–water partition coefficient (Wildman–Crippen LogP) is 3.09. The molecule has 108 valence electrons. The lowest BCUT2D eigenvalue weighted by molar-refractivity contribution is 0.102. The monoisotopic (exact) mass is 346 g/mol. The van der Waals surface area contributed by atoms with Gasteiger partial charge in [-0.2, -0.15) is 0 Å². The van der Waals surface area contributed by atoms with Crippen molar-refractivity contribution in [2.75, 3.05) is 23.3 Å². The Labute approximate surface area is 131 Å². The van der Waals surface area contributed by atoms with Gasteiger partial charge in [0.2, 0.25) is 5.95 Å². The fourth-order valence-corrected chi connectivity index (χ4v) is 2.66. The summed E-state index contributed by atoms with van der Waals surface area (Å²) < 4.78 is 0.841. The molecule has 0 unspecified atom stereocenters. The normalized spacial score (nSPS) is 14.2. The highest BCUT2D eigenvalue weighted by Crippen LogP contribution is 2.22. The Balaban J connectivity index is 1.71. The van der Waals surface area contributed by atoms with Crippen LogP contribution in [0, 0.1) is 0 Å². The van der Waals surface area contributed by atoms with Crippen LogP contribution < -0.4 is 10.2 Å². The first-order valence-corrected chi connectivity index (χ1v) is 7.66. The van der Waals surface area contributed by atoms with Gasteiger partial charge in [-0.05, 0) is 40.9 Å². The van der Waals surface area contributed by atoms with Crippen LogP contribution in [0.25, 0.3) is 0 Å². The van der Waals surface area contributed by atoms with E-state index in [9.17, 15) is 4.79 Å². The van der Waals surface area contributed by atoms with E-state index < -0.39 is 0 Å². The van der Waals surface area contributed by atoms with Crippen molar-refractivity contribution in [2.24, 2.45) is 0 Å². The van der Waals surface area contributed by atoms with Gasteiger partial charge in [-0.3, -0.25) is 4.79 Å². The van der Waals surface area contributed by atoms with Gasteiger partial charge in [-0.1, -0.05) is 12.1 Å². The summed E-state index contributed by atoms with van der Waals surface area (Å²) in [5.41, 5.74) is 1.18. The number of halogens is 1. The van der Waals surface area contributed by atoms with Crippen molar-refractivity contribution in [3.63, 3.8) is 0 Å². The van der Waals surface area contributed by atoms with Crippen LogP contribution in [0.15, 0.2) is 41.1 Å². The first-order valence-electron chi connectivity index (χ1n) is 6.87. The molecule has 0 radical (unpaired) electrons. The molecule has 1 aromatic carbocycles. The summed E-state index contributed by atoms with van der Waals surface area (Å²) >= 11 is 3.40. The molecule has 5 nitrogen and oxygen atoms in total. The van der Waals surface area contributed by atoms with Gasteiger partial charge in [0.05, 0.1) is 11.3 Å². The van der Waals surface area contributed by atoms with Crippen LogP contribution in [0.2, 0.25) is 0 Å². The van der Waals surface area contributed by atoms with Gasteiger partial charge in [-0.25, -0.2) is 9.97 Å². The first kappa shape index (κ1) is 14.0. The molecule has 3 rings (SSSR count). The van der Waals surface area contributed by atoms with Crippen molar-refractivity contribution in [3.05, 3.63) is 46.7 Å². The Morgan fingerprint density at radius 1 is 1.14 bits per heavy atom. The molecular formula is C15H15BrN4O. The number of amides is 1. The number of nitrogens with zero attached hydrogens (tertiary/aromatic N) is 3. The Bertz CT molecular complexity index is 638. The molecule has 1 saturated heterocycles. The molecule has 1 fully saturated rings. The third kappa shape index (κ3) is 3.21. The predicted molar refractivity (Wildman–Crippen MR) is 85.6 cm³/mol. The average Bonchev–Trinajstić information content (AvgIpc) is 3.04. The van der Waals surface area contributed by atoms with E-state index in [4.69, 9.17) is 0 Å². The summed E-state index contributed by atoms with van der Waals surface area (Å²) in [4.78, 5) is 22.9. The maximum atomic E-state index is 12.2. The number of aromatic nitrogens is 2. The second kappa shape index (κ2) is 6.22. The number of hydrogen-bond acceptors (Lipinski definition) is 4. The smallest absolute Gasteiger partial charge is 0.258 e. The average molecular weight is 347 g/mol. The zero-order valence-corrected chi connectivity index (χ0v) is 13.0. The largest absolute Gasteiger partial charge is 0.341 e. The molecule has 6 heteroatoms. The van der Waals surface area contributed by atoms with Gasteiger partial charge in [0.25, 0.3) is 5.91 Å². The minimum Gasteiger partial charge on any atom is -0.341 e. The quantitative estimate of drug-likeness (QED) is 0.927. The van der Waals surface area contributed by atoms with Crippen molar-refractivity contribution in [2.45, 2.75) is 12.8 Å². The lowest BCUT2D eigenvalue weighted by atomic mass is 10.3. The maximum absolute atomic E-state index is 12.2. The third-order valence-electron chi connectivity index (χ3n) is 3.41. The standard InChI is InChI=1S/C15H15BrN4O/c16-12-5-1-2-6-13(12)19-14(21)11-9-17-15(18-10-11)20-7-3-4-8-20/h1-2,5-6,9-10H,3-4,7-8H2,(H,19,21). The molecule has 0 aliphatic carbocycles. The second-order valence-electron chi connectivity index (χ2n) is 4.90. The van der Waals surface area contributed by atoms with E-state index >= 15 is 0 Å². The number of carbonyl (C=O) groups excluding carboxylic acids is 1. The fraction of sp³-hybridized carbons (Fsp3) is 0.267. The Morgan fingerprint density at radius 3 is 2.48 bits per heavy atom. The molecule has 0 bridgehead atoms. The van der Waals surface area contributed by atoms with Crippen LogP contribution in [-0.4, -0.2) is 29.0 Å². The summed E-state index contributed by atoms with van der Waals surface area (Å²) in [5, 5.41) is 2.84. The summed E-state index contributed by atoms with van der Waals surface area (Å²) in [6.45, 7) is 1.98. The number of anilines is 2. The van der Waals surface area contributed by atoms with Crippen molar-refractivity contribution in [1.82, 2.24) is 9.97 Å². The maximum Gasteiger partial charge on any atom is 0.258 e. The number of benzene rings is 1. The van der Waals surface area contributed by atoms with E-state index in [1.807, 2.05) is 24.3 Å². The number of hydrogen-bond donors (Lipinski definition) is 1. The summed E-state index contributed by atoms with van der Waals surface area (Å²) in [7, 11) is 0. The Kier molecular flexibility index (Phi) is 4.15. The van der Waals surface area contributed by atoms with Gasteiger partial charge in [-0.15, -0.1) is 0 Å². The molecule has 0 spiro atoms. The Hall–Kier alpha value is -1.95. The number of para-hydroxylation sites is 1. The van der Waals surface area contributed by atoms with Gasteiger partial charge < -0.3 is 10.2 Å². The summed E-state index contributed by atoms with van der Waals surface area (Å²) in [6, 6.07) is 7.48. The molecular weight excluding hydrogens is 332 g/mol. The van der Waals surface area contributed by atoms with Crippen LogP contribution in [0.4, 0.5) is 11.6 Å². The summed E-state index contributed by atoms with van der Waals surface area (Å²) in [5.74, 6) is 0.486. The zero-order valence-electron chi connectivity index (χ0n) is 11.4. The molecule has 1 N–H and O–H groups in total. The second-order valence-corrected chi connectivity index (χ2v) is 5.75. The first-order chi connectivity index (χ1) is 10.2. The SMILES string of the molecule is O=C(Nc1ccccc1Br)c1cnc(N2CCCC2)nc1. The lowest BCUT2D eigenvalue weighted by Gasteiger charge is -2.14. The van der Waals surface area contributed by atoms with Gasteiger partial charge in [0, 0.05) is 30.0 Å². The number of rotatable bonds is 3. The highest BCUT2D eigenvalue weighted by atomic mass is 79.9. The van der Waals surface area contributed by atoms with E-state index in [0.717, 1.165) is 23.2 Å². The van der Waals surface area contributed by atoms with Crippen molar-refractivity contribution in [1.29, 1.82) is 0 Å². The van der Waals surface area contributed by atoms with E-state index in [0.29, 0.717) is 11.5 Å². The lowest BCUT2D eigenvalue weighted by Crippen LogP contribution is -2.21. The van der Waals surface area contributed by atoms with Crippen LogP contribution in [0.3, 0.4) is 0 Å². The topological polar surface area (TPSA) is 58.1 Å². The highest BCUT2D eigenvalue weighted by Gasteiger charge is 2.15. The zero-order chi connectivity index (χ0) is 14.7. The van der Waals surface area contributed by atoms with E-state index in [2.05, 4.69) is 36.1 Å². The summed E-state index contributed by atoms with van der Waals surface area (Å²) in [6.07, 6.45) is 5.50. The van der Waals surface area contributed by atoms with Crippen molar-refractivity contribution < 1.29 is 4.79 Å². The van der Waals surface area contributed by atoms with E-state index in [1.54, 1.807) is 12.4 Å². The van der Waals surface area contributed by atoms with Crippen LogP contribution in [0.1, 0.15) is 23.2 Å². The molecule has 0 saturated carbocycles. The molecule has 0 atom stereocenters. The van der Waals surface area contributed by atoms with Crippen LogP contribution in [0.5, 0.6) is 0 Å². The van der Waals surface area contributed by atoms with E-state index in [-0.39, 0.29) is 5.91 Å².